The van der Waals surface area contributed by atoms with E-state index in [1.165, 1.54) is 0 Å². The van der Waals surface area contributed by atoms with E-state index in [2.05, 4.69) is 13.8 Å². The smallest absolute Gasteiger partial charge is 0.345 e. The molecule has 4 heteroatoms. The maximum atomic E-state index is 11.4. The molecule has 0 spiro atoms. The van der Waals surface area contributed by atoms with Crippen molar-refractivity contribution in [3.63, 3.8) is 0 Å². The molecule has 0 aromatic carbocycles. The van der Waals surface area contributed by atoms with Crippen LogP contribution in [0.4, 0.5) is 0 Å². The first-order chi connectivity index (χ1) is 8.63. The van der Waals surface area contributed by atoms with Crippen molar-refractivity contribution in [1.82, 2.24) is 0 Å². The highest BCUT2D eigenvalue weighted by atomic mass is 16.6. The van der Waals surface area contributed by atoms with Gasteiger partial charge in [0, 0.05) is 0 Å². The number of carbonyl (C=O) groups excluding carboxylic acids is 2. The minimum absolute atomic E-state index is 0.288. The summed E-state index contributed by atoms with van der Waals surface area (Å²) in [6.45, 7) is 10.0. The van der Waals surface area contributed by atoms with E-state index in [1.807, 2.05) is 0 Å². The first-order valence-electron chi connectivity index (χ1n) is 6.60. The second-order valence-corrected chi connectivity index (χ2v) is 4.10. The normalized spacial score (nSPS) is 9.89. The van der Waals surface area contributed by atoms with E-state index in [1.54, 1.807) is 0 Å². The Kier molecular flexibility index (Phi) is 10.0. The van der Waals surface area contributed by atoms with Crippen molar-refractivity contribution in [2.24, 2.45) is 0 Å². The van der Waals surface area contributed by atoms with Gasteiger partial charge in [-0.05, 0) is 19.4 Å². The zero-order valence-electron chi connectivity index (χ0n) is 11.4. The predicted molar refractivity (Wildman–Crippen MR) is 68.8 cm³/mol. The van der Waals surface area contributed by atoms with Gasteiger partial charge >= 0.3 is 11.9 Å². The third-order valence-electron chi connectivity index (χ3n) is 2.40. The van der Waals surface area contributed by atoms with Crippen molar-refractivity contribution in [2.45, 2.75) is 52.4 Å². The number of esters is 2. The quantitative estimate of drug-likeness (QED) is 0.198. The molecule has 103 valence electrons. The summed E-state index contributed by atoms with van der Waals surface area (Å²) in [7, 11) is 0. The molecular weight excluding hydrogens is 232 g/mol. The van der Waals surface area contributed by atoms with Gasteiger partial charge in [0.25, 0.3) is 0 Å². The number of hydrogen-bond donors (Lipinski definition) is 0. The fourth-order valence-corrected chi connectivity index (χ4v) is 1.27. The zero-order valence-corrected chi connectivity index (χ0v) is 11.4. The van der Waals surface area contributed by atoms with Crippen LogP contribution in [0.3, 0.4) is 0 Å². The monoisotopic (exact) mass is 255 g/mol. The van der Waals surface area contributed by atoms with Gasteiger partial charge in [0.05, 0.1) is 13.2 Å². The molecule has 0 saturated heterocycles. The highest BCUT2D eigenvalue weighted by Crippen LogP contribution is 2.02. The largest absolute Gasteiger partial charge is 0.462 e. The summed E-state index contributed by atoms with van der Waals surface area (Å²) >= 11 is 0. The fourth-order valence-electron chi connectivity index (χ4n) is 1.27. The van der Waals surface area contributed by atoms with E-state index in [0.717, 1.165) is 38.5 Å². The molecule has 1 radical (unpaired) electrons. The van der Waals surface area contributed by atoms with E-state index in [4.69, 9.17) is 16.1 Å². The summed E-state index contributed by atoms with van der Waals surface area (Å²) in [5.74, 6) is -1.57. The van der Waals surface area contributed by atoms with Gasteiger partial charge in [-0.15, -0.1) is 0 Å². The Morgan fingerprint density at radius 3 is 1.56 bits per heavy atom. The predicted octanol–water partition coefficient (Wildman–Crippen LogP) is 2.81. The molecule has 0 bridgehead atoms. The van der Waals surface area contributed by atoms with Gasteiger partial charge < -0.3 is 9.47 Å². The average Bonchev–Trinajstić information content (AvgIpc) is 2.38. The Balaban J connectivity index is 3.76. The first kappa shape index (κ1) is 16.7. The summed E-state index contributed by atoms with van der Waals surface area (Å²) in [5.41, 5.74) is -0.469. The van der Waals surface area contributed by atoms with Crippen LogP contribution in [0.25, 0.3) is 0 Å². The fraction of sp³-hybridized carbons (Fsp3) is 0.714. The molecule has 4 nitrogen and oxygen atoms in total. The van der Waals surface area contributed by atoms with Gasteiger partial charge in [-0.1, -0.05) is 39.5 Å². The topological polar surface area (TPSA) is 52.6 Å². The Bertz CT molecular complexity index is 245. The lowest BCUT2D eigenvalue weighted by Gasteiger charge is -2.07. The molecular formula is C14H23O4. The molecule has 0 heterocycles. The van der Waals surface area contributed by atoms with Crippen LogP contribution in [-0.4, -0.2) is 25.2 Å². The number of rotatable bonds is 10. The molecule has 0 aliphatic heterocycles. The van der Waals surface area contributed by atoms with E-state index in [0.29, 0.717) is 0 Å². The molecule has 0 N–H and O–H groups in total. The third-order valence-corrected chi connectivity index (χ3v) is 2.40. The average molecular weight is 255 g/mol. The van der Waals surface area contributed by atoms with Gasteiger partial charge in [-0.2, -0.15) is 0 Å². The summed E-state index contributed by atoms with van der Waals surface area (Å²) in [6.07, 6.45) is 5.60. The van der Waals surface area contributed by atoms with Crippen LogP contribution in [0.5, 0.6) is 0 Å². The first-order valence-corrected chi connectivity index (χ1v) is 6.60. The van der Waals surface area contributed by atoms with Gasteiger partial charge in [-0.3, -0.25) is 0 Å². The molecule has 0 atom stereocenters. The molecule has 18 heavy (non-hydrogen) atoms. The van der Waals surface area contributed by atoms with Crippen molar-refractivity contribution < 1.29 is 19.1 Å². The second-order valence-electron chi connectivity index (χ2n) is 4.10. The standard InChI is InChI=1S/C14H23O4/c1-4-6-8-10-17-13(15)12(3)14(16)18-11-9-7-5-2/h3H,4-11H2,1-2H3. The molecule has 0 amide bonds. The molecule has 0 fully saturated rings. The minimum atomic E-state index is -0.786. The number of ether oxygens (including phenoxy) is 2. The van der Waals surface area contributed by atoms with Crippen LogP contribution >= 0.6 is 0 Å². The van der Waals surface area contributed by atoms with Gasteiger partial charge in [0.1, 0.15) is 5.57 Å². The molecule has 0 aromatic rings. The van der Waals surface area contributed by atoms with Crippen molar-refractivity contribution in [2.75, 3.05) is 13.2 Å². The lowest BCUT2D eigenvalue weighted by molar-refractivity contribution is -0.147. The second kappa shape index (κ2) is 10.8. The number of hydrogen-bond acceptors (Lipinski definition) is 4. The SMILES string of the molecule is [CH]=C(C(=O)OCCCCC)C(=O)OCCCCC. The molecule has 0 aliphatic rings. The zero-order chi connectivity index (χ0) is 13.8. The molecule has 0 aromatic heterocycles. The van der Waals surface area contributed by atoms with Gasteiger partial charge in [-0.25, -0.2) is 9.59 Å². The maximum absolute atomic E-state index is 11.4. The van der Waals surface area contributed by atoms with Crippen LogP contribution in [0.2, 0.25) is 0 Å². The highest BCUT2D eigenvalue weighted by molar-refractivity contribution is 6.12. The maximum Gasteiger partial charge on any atom is 0.345 e. The van der Waals surface area contributed by atoms with E-state index in [9.17, 15) is 9.59 Å². The molecule has 0 aliphatic carbocycles. The van der Waals surface area contributed by atoms with Gasteiger partial charge in [0.15, 0.2) is 0 Å². The van der Waals surface area contributed by atoms with Crippen LogP contribution < -0.4 is 0 Å². The molecule has 0 saturated carbocycles. The van der Waals surface area contributed by atoms with E-state index >= 15 is 0 Å². The Morgan fingerprint density at radius 1 is 0.833 bits per heavy atom. The summed E-state index contributed by atoms with van der Waals surface area (Å²) in [5, 5.41) is 0. The Hall–Kier alpha value is -1.32. The summed E-state index contributed by atoms with van der Waals surface area (Å²) in [4.78, 5) is 22.7. The van der Waals surface area contributed by atoms with Crippen LogP contribution in [0.1, 0.15) is 52.4 Å². The Morgan fingerprint density at radius 2 is 1.22 bits per heavy atom. The summed E-state index contributed by atoms with van der Waals surface area (Å²) < 4.78 is 9.71. The lowest BCUT2D eigenvalue weighted by Crippen LogP contribution is -2.18. The van der Waals surface area contributed by atoms with Gasteiger partial charge in [0.2, 0.25) is 0 Å². The third kappa shape index (κ3) is 7.87. The van der Waals surface area contributed by atoms with Crippen LogP contribution in [-0.2, 0) is 19.1 Å². The van der Waals surface area contributed by atoms with E-state index in [-0.39, 0.29) is 13.2 Å². The molecule has 0 unspecified atom stereocenters. The number of unbranched alkanes of at least 4 members (excludes halogenated alkanes) is 4. The van der Waals surface area contributed by atoms with Crippen molar-refractivity contribution >= 4 is 11.9 Å². The molecule has 0 rings (SSSR count). The van der Waals surface area contributed by atoms with Crippen LogP contribution in [0.15, 0.2) is 5.57 Å². The van der Waals surface area contributed by atoms with Crippen molar-refractivity contribution in [3.8, 4) is 0 Å². The lowest BCUT2D eigenvalue weighted by atomic mass is 10.2. The van der Waals surface area contributed by atoms with E-state index < -0.39 is 17.5 Å². The number of carbonyl (C=O) groups is 2. The highest BCUT2D eigenvalue weighted by Gasteiger charge is 2.18. The summed E-state index contributed by atoms with van der Waals surface area (Å²) in [6, 6.07) is 0. The van der Waals surface area contributed by atoms with Crippen molar-refractivity contribution in [3.05, 3.63) is 12.2 Å². The van der Waals surface area contributed by atoms with Crippen molar-refractivity contribution in [1.29, 1.82) is 0 Å². The Labute approximate surface area is 109 Å². The minimum Gasteiger partial charge on any atom is -0.462 e. The van der Waals surface area contributed by atoms with Crippen LogP contribution in [0, 0.1) is 6.58 Å².